The predicted octanol–water partition coefficient (Wildman–Crippen LogP) is 4.50. The summed E-state index contributed by atoms with van der Waals surface area (Å²) in [6.45, 7) is 3.23. The Labute approximate surface area is 196 Å². The number of nitrogens with zero attached hydrogens (tertiary/aromatic N) is 3. The lowest BCUT2D eigenvalue weighted by molar-refractivity contribution is 0.0600. The third kappa shape index (κ3) is 5.12. The number of hydrogen-bond donors (Lipinski definition) is 0. The molecule has 0 N–H and O–H groups in total. The summed E-state index contributed by atoms with van der Waals surface area (Å²) < 4.78 is 4.77. The second-order valence-electron chi connectivity index (χ2n) is 7.87. The van der Waals surface area contributed by atoms with E-state index in [1.807, 2.05) is 43.3 Å². The lowest BCUT2D eigenvalue weighted by Gasteiger charge is -2.17. The summed E-state index contributed by atoms with van der Waals surface area (Å²) in [7, 11) is 1.34. The maximum Gasteiger partial charge on any atom is 0.337 e. The fourth-order valence-electron chi connectivity index (χ4n) is 3.81. The quantitative estimate of drug-likeness (QED) is 0.363. The van der Waals surface area contributed by atoms with Gasteiger partial charge in [-0.1, -0.05) is 53.8 Å². The van der Waals surface area contributed by atoms with Crippen molar-refractivity contribution >= 4 is 34.3 Å². The van der Waals surface area contributed by atoms with Gasteiger partial charge in [0.1, 0.15) is 0 Å². The molecule has 3 aromatic rings. The van der Waals surface area contributed by atoms with Gasteiger partial charge in [-0.15, -0.1) is 0 Å². The number of methoxy groups -OCH3 is 1. The van der Waals surface area contributed by atoms with Crippen LogP contribution in [0.15, 0.2) is 54.6 Å². The van der Waals surface area contributed by atoms with Crippen LogP contribution >= 0.6 is 11.3 Å². The highest BCUT2D eigenvalue weighted by atomic mass is 32.1. The maximum absolute atomic E-state index is 13.0. The van der Waals surface area contributed by atoms with Gasteiger partial charge in [-0.25, -0.2) is 14.6 Å². The van der Waals surface area contributed by atoms with Gasteiger partial charge in [0.15, 0.2) is 10.9 Å². The van der Waals surface area contributed by atoms with Crippen LogP contribution < -0.4 is 4.90 Å². The summed E-state index contributed by atoms with van der Waals surface area (Å²) in [6.07, 6.45) is 1.08. The minimum atomic E-state index is -0.408. The number of aryl methyl sites for hydroxylation is 2. The van der Waals surface area contributed by atoms with Crippen LogP contribution in [-0.4, -0.2) is 47.9 Å². The number of hydrogen-bond acceptors (Lipinski definition) is 6. The second-order valence-corrected chi connectivity index (χ2v) is 8.84. The number of aromatic nitrogens is 1. The van der Waals surface area contributed by atoms with E-state index in [-0.39, 0.29) is 11.8 Å². The minimum Gasteiger partial charge on any atom is -0.465 e. The third-order valence-electron chi connectivity index (χ3n) is 5.57. The van der Waals surface area contributed by atoms with E-state index in [1.54, 1.807) is 28.0 Å². The standard InChI is InChI=1S/C25H25N3O4S/c1-17-22(21(29)12-11-18-7-4-3-5-8-18)33-24(26-17)28-14-13-27(25(28)31)16-19-9-6-10-20(15-19)23(30)32-2/h3-10,15H,11-14,16H2,1-2H3. The molecule has 4 rings (SSSR count). The molecule has 0 atom stereocenters. The number of carbonyl (C=O) groups excluding carboxylic acids is 3. The Morgan fingerprint density at radius 3 is 2.58 bits per heavy atom. The van der Waals surface area contributed by atoms with Crippen molar-refractivity contribution < 1.29 is 19.1 Å². The second kappa shape index (κ2) is 9.95. The molecule has 0 aliphatic carbocycles. The number of ether oxygens (including phenoxy) is 1. The number of urea groups is 1. The van der Waals surface area contributed by atoms with Gasteiger partial charge in [-0.2, -0.15) is 0 Å². The Balaban J connectivity index is 1.41. The van der Waals surface area contributed by atoms with Gasteiger partial charge >= 0.3 is 12.0 Å². The Morgan fingerprint density at radius 1 is 1.06 bits per heavy atom. The molecule has 2 heterocycles. The highest BCUT2D eigenvalue weighted by Crippen LogP contribution is 2.30. The van der Waals surface area contributed by atoms with Gasteiger partial charge in [0.2, 0.25) is 0 Å². The van der Waals surface area contributed by atoms with Crippen LogP contribution in [-0.2, 0) is 17.7 Å². The fraction of sp³-hybridized carbons (Fsp3) is 0.280. The number of ketones is 1. The van der Waals surface area contributed by atoms with Crippen molar-refractivity contribution in [3.8, 4) is 0 Å². The maximum atomic E-state index is 13.0. The first-order chi connectivity index (χ1) is 16.0. The van der Waals surface area contributed by atoms with Gasteiger partial charge < -0.3 is 9.64 Å². The average Bonchev–Trinajstić information content (AvgIpc) is 3.40. The van der Waals surface area contributed by atoms with Crippen molar-refractivity contribution in [3.05, 3.63) is 81.9 Å². The van der Waals surface area contributed by atoms with E-state index in [1.165, 1.54) is 18.4 Å². The number of amides is 2. The number of carbonyl (C=O) groups is 3. The molecule has 2 aromatic carbocycles. The van der Waals surface area contributed by atoms with Crippen LogP contribution in [0.3, 0.4) is 0 Å². The van der Waals surface area contributed by atoms with Crippen LogP contribution in [0.2, 0.25) is 0 Å². The summed E-state index contributed by atoms with van der Waals surface area (Å²) in [4.78, 5) is 46.1. The van der Waals surface area contributed by atoms with Crippen molar-refractivity contribution in [2.75, 3.05) is 25.1 Å². The molecular formula is C25H25N3O4S. The summed E-state index contributed by atoms with van der Waals surface area (Å²) in [5.41, 5.74) is 3.08. The molecule has 1 aliphatic heterocycles. The Kier molecular flexibility index (Phi) is 6.84. The summed E-state index contributed by atoms with van der Waals surface area (Å²) in [5.74, 6) is -0.364. The minimum absolute atomic E-state index is 0.0447. The lowest BCUT2D eigenvalue weighted by atomic mass is 10.1. The van der Waals surface area contributed by atoms with E-state index >= 15 is 0 Å². The van der Waals surface area contributed by atoms with E-state index in [2.05, 4.69) is 4.98 Å². The summed E-state index contributed by atoms with van der Waals surface area (Å²) in [6, 6.07) is 16.8. The summed E-state index contributed by atoms with van der Waals surface area (Å²) >= 11 is 1.28. The molecule has 0 bridgehead atoms. The number of Topliss-reactive ketones (excluding diaryl/α,β-unsaturated/α-hetero) is 1. The monoisotopic (exact) mass is 463 g/mol. The topological polar surface area (TPSA) is 79.8 Å². The number of anilines is 1. The zero-order valence-corrected chi connectivity index (χ0v) is 19.4. The molecule has 1 aliphatic rings. The van der Waals surface area contributed by atoms with Crippen molar-refractivity contribution in [3.63, 3.8) is 0 Å². The molecule has 7 nitrogen and oxygen atoms in total. The Hall–Kier alpha value is -3.52. The first-order valence-corrected chi connectivity index (χ1v) is 11.6. The van der Waals surface area contributed by atoms with Crippen molar-refractivity contribution in [1.29, 1.82) is 0 Å². The van der Waals surface area contributed by atoms with Crippen LogP contribution in [0.1, 0.15) is 43.3 Å². The molecule has 0 saturated carbocycles. The van der Waals surface area contributed by atoms with E-state index in [9.17, 15) is 14.4 Å². The van der Waals surface area contributed by atoms with Crippen molar-refractivity contribution in [2.45, 2.75) is 26.3 Å². The van der Waals surface area contributed by atoms with Crippen molar-refractivity contribution in [1.82, 2.24) is 9.88 Å². The molecule has 8 heteroatoms. The van der Waals surface area contributed by atoms with Gasteiger partial charge in [-0.3, -0.25) is 9.69 Å². The Bertz CT molecular complexity index is 1180. The number of esters is 1. The highest BCUT2D eigenvalue weighted by Gasteiger charge is 2.32. The fourth-order valence-corrected chi connectivity index (χ4v) is 4.87. The molecule has 1 saturated heterocycles. The molecular weight excluding hydrogens is 438 g/mol. The lowest BCUT2D eigenvalue weighted by Crippen LogP contribution is -2.31. The van der Waals surface area contributed by atoms with E-state index in [0.717, 1.165) is 11.1 Å². The normalized spacial score (nSPS) is 13.5. The van der Waals surface area contributed by atoms with Crippen LogP contribution in [0.5, 0.6) is 0 Å². The average molecular weight is 464 g/mol. The first-order valence-electron chi connectivity index (χ1n) is 10.7. The van der Waals surface area contributed by atoms with Crippen LogP contribution in [0.4, 0.5) is 9.93 Å². The predicted molar refractivity (Wildman–Crippen MR) is 127 cm³/mol. The van der Waals surface area contributed by atoms with E-state index in [0.29, 0.717) is 53.7 Å². The molecule has 33 heavy (non-hydrogen) atoms. The molecule has 0 radical (unpaired) electrons. The zero-order valence-electron chi connectivity index (χ0n) is 18.6. The van der Waals surface area contributed by atoms with E-state index < -0.39 is 5.97 Å². The number of rotatable bonds is 8. The smallest absolute Gasteiger partial charge is 0.337 e. The highest BCUT2D eigenvalue weighted by molar-refractivity contribution is 7.17. The van der Waals surface area contributed by atoms with Gasteiger partial charge in [-0.05, 0) is 36.6 Å². The molecule has 1 aromatic heterocycles. The van der Waals surface area contributed by atoms with Gasteiger partial charge in [0.25, 0.3) is 0 Å². The van der Waals surface area contributed by atoms with Crippen LogP contribution in [0.25, 0.3) is 0 Å². The molecule has 0 unspecified atom stereocenters. The summed E-state index contributed by atoms with van der Waals surface area (Å²) in [5, 5.41) is 0.548. The zero-order chi connectivity index (χ0) is 23.4. The van der Waals surface area contributed by atoms with Crippen molar-refractivity contribution in [2.24, 2.45) is 0 Å². The Morgan fingerprint density at radius 2 is 1.82 bits per heavy atom. The number of benzene rings is 2. The molecule has 0 spiro atoms. The van der Waals surface area contributed by atoms with E-state index in [4.69, 9.17) is 4.74 Å². The first kappa shape index (κ1) is 22.7. The molecule has 170 valence electrons. The van der Waals surface area contributed by atoms with Crippen LogP contribution in [0, 0.1) is 6.92 Å². The SMILES string of the molecule is COC(=O)c1cccc(CN2CCN(c3nc(C)c(C(=O)CCc4ccccc4)s3)C2=O)c1. The largest absolute Gasteiger partial charge is 0.465 e. The van der Waals surface area contributed by atoms with Gasteiger partial charge in [0.05, 0.1) is 23.2 Å². The molecule has 1 fully saturated rings. The molecule has 2 amide bonds. The third-order valence-corrected chi connectivity index (χ3v) is 6.79. The van der Waals surface area contributed by atoms with Gasteiger partial charge in [0, 0.05) is 26.1 Å². The number of thiazole rings is 1.